The first kappa shape index (κ1) is 38.2. The number of aliphatic hydroxyl groups is 1. The Morgan fingerprint density at radius 2 is 1.65 bits per heavy atom. The summed E-state index contributed by atoms with van der Waals surface area (Å²) >= 11 is 0. The van der Waals surface area contributed by atoms with E-state index in [2.05, 4.69) is 86.8 Å². The minimum atomic E-state index is -3.62. The van der Waals surface area contributed by atoms with E-state index in [0.717, 1.165) is 31.1 Å². The summed E-state index contributed by atoms with van der Waals surface area (Å²) in [7, 11) is -7.69. The molecule has 0 aliphatic heterocycles. The minimum absolute atomic E-state index is 0.00101. The summed E-state index contributed by atoms with van der Waals surface area (Å²) in [6.07, 6.45) is 11.7. The Hall–Kier alpha value is -0.976. The van der Waals surface area contributed by atoms with Crippen molar-refractivity contribution in [3.8, 4) is 5.75 Å². The maximum absolute atomic E-state index is 11.8. The van der Waals surface area contributed by atoms with Gasteiger partial charge in [0.1, 0.15) is 5.75 Å². The second-order valence-corrected chi connectivity index (χ2v) is 26.9. The molecule has 0 spiro atoms. The van der Waals surface area contributed by atoms with Gasteiger partial charge in [0.2, 0.25) is 0 Å². The van der Waals surface area contributed by atoms with Crippen molar-refractivity contribution < 1.29 is 26.6 Å². The van der Waals surface area contributed by atoms with Crippen molar-refractivity contribution in [3.63, 3.8) is 0 Å². The van der Waals surface area contributed by atoms with Crippen molar-refractivity contribution in [2.75, 3.05) is 12.9 Å². The van der Waals surface area contributed by atoms with Crippen LogP contribution in [-0.2, 0) is 25.4 Å². The summed E-state index contributed by atoms with van der Waals surface area (Å²) in [6, 6.07) is 7.33. The molecular weight excluding hydrogens is 593 g/mol. The largest absolute Gasteiger partial charge is 0.413 e. The van der Waals surface area contributed by atoms with Gasteiger partial charge in [0.05, 0.1) is 18.5 Å². The monoisotopic (exact) mass is 654 g/mol. The third-order valence-electron chi connectivity index (χ3n) is 10.1. The highest BCUT2D eigenvalue weighted by Crippen LogP contribution is 2.47. The van der Waals surface area contributed by atoms with Crippen molar-refractivity contribution in [2.24, 2.45) is 17.8 Å². The third kappa shape index (κ3) is 11.4. The summed E-state index contributed by atoms with van der Waals surface area (Å²) in [4.78, 5) is 0. The highest BCUT2D eigenvalue weighted by Gasteiger charge is 2.47. The maximum atomic E-state index is 11.8. The van der Waals surface area contributed by atoms with E-state index in [9.17, 15) is 13.5 Å². The van der Waals surface area contributed by atoms with Crippen LogP contribution in [0.25, 0.3) is 0 Å². The molecule has 1 saturated carbocycles. The van der Waals surface area contributed by atoms with Gasteiger partial charge < -0.3 is 18.1 Å². The van der Waals surface area contributed by atoms with Crippen molar-refractivity contribution in [2.45, 2.75) is 135 Å². The summed E-state index contributed by atoms with van der Waals surface area (Å²) in [5.41, 5.74) is 0.994. The lowest BCUT2D eigenvalue weighted by Crippen LogP contribution is -2.45. The average Bonchev–Trinajstić information content (AvgIpc) is 3.15. The topological polar surface area (TPSA) is 82.1 Å². The van der Waals surface area contributed by atoms with Gasteiger partial charge in [-0.25, -0.2) is 0 Å². The van der Waals surface area contributed by atoms with Crippen molar-refractivity contribution in [1.29, 1.82) is 0 Å². The van der Waals surface area contributed by atoms with Gasteiger partial charge in [-0.2, -0.15) is 8.42 Å². The lowest BCUT2D eigenvalue weighted by molar-refractivity contribution is 0.146. The molecule has 1 aromatic carbocycles. The number of benzene rings is 1. The van der Waals surface area contributed by atoms with Gasteiger partial charge in [-0.15, -0.1) is 0 Å². The lowest BCUT2D eigenvalue weighted by atomic mass is 9.83. The molecule has 6 nitrogen and oxygen atoms in total. The molecule has 9 heteroatoms. The summed E-state index contributed by atoms with van der Waals surface area (Å²) in [5, 5.41) is 10.8. The molecule has 1 aliphatic rings. The van der Waals surface area contributed by atoms with Crippen molar-refractivity contribution >= 4 is 26.8 Å². The zero-order valence-corrected chi connectivity index (χ0v) is 32.0. The van der Waals surface area contributed by atoms with E-state index in [-0.39, 0.29) is 46.6 Å². The van der Waals surface area contributed by atoms with Gasteiger partial charge in [-0.3, -0.25) is 0 Å². The molecule has 0 aromatic heterocycles. The van der Waals surface area contributed by atoms with Crippen LogP contribution in [-0.4, -0.2) is 55.2 Å². The molecule has 0 amide bonds. The zero-order chi connectivity index (χ0) is 32.9. The molecule has 0 heterocycles. The van der Waals surface area contributed by atoms with Gasteiger partial charge in [0, 0.05) is 12.5 Å². The normalized spacial score (nSPS) is 23.2. The van der Waals surface area contributed by atoms with Crippen LogP contribution >= 0.6 is 0 Å². The highest BCUT2D eigenvalue weighted by atomic mass is 32.2. The van der Waals surface area contributed by atoms with Gasteiger partial charge >= 0.3 is 10.1 Å². The summed E-state index contributed by atoms with van der Waals surface area (Å²) in [6.45, 7) is 25.2. The van der Waals surface area contributed by atoms with Crippen LogP contribution in [0.1, 0.15) is 86.1 Å². The molecule has 43 heavy (non-hydrogen) atoms. The molecule has 0 saturated heterocycles. The average molecular weight is 655 g/mol. The van der Waals surface area contributed by atoms with Crippen LogP contribution in [0.5, 0.6) is 5.75 Å². The number of unbranched alkanes of at least 4 members (excludes halogenated alkanes) is 2. The fraction of sp³-hybridized carbons (Fsp3) is 0.765. The van der Waals surface area contributed by atoms with Gasteiger partial charge in [0.25, 0.3) is 0 Å². The zero-order valence-electron chi connectivity index (χ0n) is 29.2. The third-order valence-corrected chi connectivity index (χ3v) is 19.6. The molecule has 248 valence electrons. The second-order valence-electron chi connectivity index (χ2n) is 15.8. The van der Waals surface area contributed by atoms with Crippen LogP contribution < -0.4 is 4.18 Å². The molecule has 1 N–H and O–H groups in total. The van der Waals surface area contributed by atoms with Gasteiger partial charge in [-0.05, 0) is 85.1 Å². The first-order chi connectivity index (χ1) is 19.6. The highest BCUT2D eigenvalue weighted by molar-refractivity contribution is 7.86. The SMILES string of the molecule is CCCCCC(/C=C/[C@@H]1[C@@H](Cc2cccc(OS(C)(=O)=O)c2)[C@@H](CO)C[C@H]1O[Si](C)(C)C(C)(C)C)O[Si](C)(C)C(C)(C)C. The quantitative estimate of drug-likeness (QED) is 0.0882. The molecule has 2 rings (SSSR count). The Labute approximate surface area is 266 Å². The Morgan fingerprint density at radius 1 is 1.02 bits per heavy atom. The Bertz CT molecular complexity index is 1150. The minimum Gasteiger partial charge on any atom is -0.413 e. The van der Waals surface area contributed by atoms with Crippen molar-refractivity contribution in [1.82, 2.24) is 0 Å². The van der Waals surface area contributed by atoms with E-state index in [0.29, 0.717) is 12.2 Å². The second kappa shape index (κ2) is 15.1. The van der Waals surface area contributed by atoms with E-state index in [1.165, 1.54) is 12.8 Å². The molecule has 1 unspecified atom stereocenters. The Kier molecular flexibility index (Phi) is 13.4. The molecule has 5 atom stereocenters. The maximum Gasteiger partial charge on any atom is 0.306 e. The van der Waals surface area contributed by atoms with E-state index in [1.54, 1.807) is 6.07 Å². The van der Waals surface area contributed by atoms with E-state index in [4.69, 9.17) is 13.0 Å². The number of rotatable bonds is 15. The summed E-state index contributed by atoms with van der Waals surface area (Å²) < 4.78 is 42.8. The van der Waals surface area contributed by atoms with Crippen LogP contribution in [0.3, 0.4) is 0 Å². The van der Waals surface area contributed by atoms with E-state index < -0.39 is 26.8 Å². The molecule has 0 radical (unpaired) electrons. The predicted molar refractivity (Wildman–Crippen MR) is 185 cm³/mol. The van der Waals surface area contributed by atoms with Gasteiger partial charge in [-0.1, -0.05) is 92.0 Å². The van der Waals surface area contributed by atoms with Crippen LogP contribution in [0.2, 0.25) is 36.3 Å². The Balaban J connectivity index is 2.51. The molecule has 1 aliphatic carbocycles. The van der Waals surface area contributed by atoms with Crippen molar-refractivity contribution in [3.05, 3.63) is 42.0 Å². The molecule has 1 aromatic rings. The van der Waals surface area contributed by atoms with E-state index >= 15 is 0 Å². The summed E-state index contributed by atoms with van der Waals surface area (Å²) in [5.74, 6) is 0.623. The molecular formula is C34H62O6SSi2. The van der Waals surface area contributed by atoms with Crippen LogP contribution in [0.4, 0.5) is 0 Å². The number of hydrogen-bond donors (Lipinski definition) is 1. The predicted octanol–water partition coefficient (Wildman–Crippen LogP) is 8.73. The fourth-order valence-electron chi connectivity index (χ4n) is 5.45. The van der Waals surface area contributed by atoms with Gasteiger partial charge in [0.15, 0.2) is 16.6 Å². The first-order valence-electron chi connectivity index (χ1n) is 16.2. The number of aliphatic hydroxyl groups excluding tert-OH is 1. The van der Waals surface area contributed by atoms with Crippen LogP contribution in [0.15, 0.2) is 36.4 Å². The number of hydrogen-bond acceptors (Lipinski definition) is 6. The van der Waals surface area contributed by atoms with Crippen LogP contribution in [0, 0.1) is 17.8 Å². The molecule has 0 bridgehead atoms. The first-order valence-corrected chi connectivity index (χ1v) is 23.9. The molecule has 1 fully saturated rings. The standard InChI is InChI=1S/C34H62O6SSi2/c1-13-14-15-18-28(39-42(9,10)33(2,3)4)20-21-30-31(23-26-17-16-19-29(22-26)38-41(8,36)37)27(25-35)24-32(30)40-43(11,12)34(5,6)7/h16-17,19-22,27-28,30-32,35H,13-15,18,23-25H2,1-12H3/b21-20+/t27-,28?,30-,31+,32-/m1/s1. The lowest BCUT2D eigenvalue weighted by Gasteiger charge is -2.40. The fourth-order valence-corrected chi connectivity index (χ4v) is 8.57. The van der Waals surface area contributed by atoms with E-state index in [1.807, 2.05) is 18.2 Å². The smallest absolute Gasteiger partial charge is 0.306 e. The Morgan fingerprint density at radius 3 is 2.19 bits per heavy atom.